The largest absolute Gasteiger partial charge is 0.395 e. The van der Waals surface area contributed by atoms with Crippen LogP contribution >= 0.6 is 0 Å². The van der Waals surface area contributed by atoms with Gasteiger partial charge in [0.05, 0.1) is 6.61 Å². The number of carbonyl (C=O) groups excluding carboxylic acids is 1. The van der Waals surface area contributed by atoms with E-state index in [1.54, 1.807) is 6.92 Å². The van der Waals surface area contributed by atoms with Gasteiger partial charge in [0.1, 0.15) is 0 Å². The molecule has 0 radical (unpaired) electrons. The van der Waals surface area contributed by atoms with Crippen molar-refractivity contribution in [2.45, 2.75) is 19.9 Å². The maximum absolute atomic E-state index is 11.0. The number of nitrogens with one attached hydrogen (secondary N) is 1. The Bertz CT molecular complexity index is 163. The van der Waals surface area contributed by atoms with E-state index >= 15 is 0 Å². The fraction of sp³-hybridized carbons (Fsp3) is 0.875. The number of likely N-dealkylation sites (N-methyl/N-ethyl adjacent to an activating group) is 1. The molecule has 4 N–H and O–H groups in total. The van der Waals surface area contributed by atoms with Gasteiger partial charge in [0.25, 0.3) is 0 Å². The van der Waals surface area contributed by atoms with Crippen molar-refractivity contribution in [3.8, 4) is 0 Å². The van der Waals surface area contributed by atoms with Crippen LogP contribution in [0.2, 0.25) is 0 Å². The van der Waals surface area contributed by atoms with Crippen molar-refractivity contribution in [2.24, 2.45) is 11.8 Å². The molecule has 0 aliphatic carbocycles. The average molecular weight is 189 g/mol. The molecule has 0 aromatic rings. The van der Waals surface area contributed by atoms with Crippen LogP contribution in [0.3, 0.4) is 0 Å². The SMILES string of the molecule is CC(CN(C)C(C)CO)C(=O)NN. The standard InChI is InChI=1S/C8H19N3O2/c1-6(8(13)10-9)4-11(3)7(2)5-12/h6-7,12H,4-5,9H2,1-3H3,(H,10,13). The van der Waals surface area contributed by atoms with E-state index in [0.29, 0.717) is 6.54 Å². The van der Waals surface area contributed by atoms with Gasteiger partial charge in [0, 0.05) is 18.5 Å². The molecule has 0 aromatic carbocycles. The molecule has 0 fully saturated rings. The lowest BCUT2D eigenvalue weighted by molar-refractivity contribution is -0.125. The minimum Gasteiger partial charge on any atom is -0.395 e. The third-order valence-electron chi connectivity index (χ3n) is 2.17. The number of nitrogens with zero attached hydrogens (tertiary/aromatic N) is 1. The van der Waals surface area contributed by atoms with Crippen LogP contribution in [-0.4, -0.2) is 42.2 Å². The third-order valence-corrected chi connectivity index (χ3v) is 2.17. The molecule has 0 aliphatic heterocycles. The minimum atomic E-state index is -0.183. The highest BCUT2D eigenvalue weighted by molar-refractivity contribution is 5.77. The Morgan fingerprint density at radius 1 is 1.62 bits per heavy atom. The monoisotopic (exact) mass is 189 g/mol. The van der Waals surface area contributed by atoms with Gasteiger partial charge in [-0.2, -0.15) is 0 Å². The molecule has 2 atom stereocenters. The van der Waals surface area contributed by atoms with Crippen LogP contribution < -0.4 is 11.3 Å². The lowest BCUT2D eigenvalue weighted by atomic mass is 10.1. The molecule has 0 aromatic heterocycles. The van der Waals surface area contributed by atoms with Gasteiger partial charge in [-0.1, -0.05) is 6.92 Å². The Kier molecular flexibility index (Phi) is 5.61. The van der Waals surface area contributed by atoms with Gasteiger partial charge in [-0.3, -0.25) is 10.2 Å². The van der Waals surface area contributed by atoms with Crippen LogP contribution in [0.15, 0.2) is 0 Å². The number of nitrogens with two attached hydrogens (primary N) is 1. The number of amides is 1. The van der Waals surface area contributed by atoms with Crippen molar-refractivity contribution in [3.05, 3.63) is 0 Å². The molecular weight excluding hydrogens is 170 g/mol. The number of rotatable bonds is 5. The van der Waals surface area contributed by atoms with Crippen molar-refractivity contribution in [1.29, 1.82) is 0 Å². The molecule has 5 heteroatoms. The maximum atomic E-state index is 11.0. The number of hydrogen-bond donors (Lipinski definition) is 3. The molecule has 0 saturated heterocycles. The van der Waals surface area contributed by atoms with Gasteiger partial charge >= 0.3 is 0 Å². The zero-order valence-electron chi connectivity index (χ0n) is 8.45. The summed E-state index contributed by atoms with van der Waals surface area (Å²) in [6.07, 6.45) is 0. The zero-order chi connectivity index (χ0) is 10.4. The van der Waals surface area contributed by atoms with Crippen LogP contribution in [0, 0.1) is 5.92 Å². The summed E-state index contributed by atoms with van der Waals surface area (Å²) in [4.78, 5) is 12.9. The summed E-state index contributed by atoms with van der Waals surface area (Å²) in [5.41, 5.74) is 2.10. The van der Waals surface area contributed by atoms with E-state index in [2.05, 4.69) is 5.43 Å². The topological polar surface area (TPSA) is 78.6 Å². The van der Waals surface area contributed by atoms with Crippen LogP contribution in [0.1, 0.15) is 13.8 Å². The van der Waals surface area contributed by atoms with Crippen LogP contribution in [0.5, 0.6) is 0 Å². The molecule has 2 unspecified atom stereocenters. The van der Waals surface area contributed by atoms with Gasteiger partial charge in [0.15, 0.2) is 0 Å². The lowest BCUT2D eigenvalue weighted by Crippen LogP contribution is -2.42. The fourth-order valence-electron chi connectivity index (χ4n) is 0.976. The van der Waals surface area contributed by atoms with Crippen LogP contribution in [0.4, 0.5) is 0 Å². The predicted octanol–water partition coefficient (Wildman–Crippen LogP) is -1.07. The molecule has 0 bridgehead atoms. The van der Waals surface area contributed by atoms with E-state index in [-0.39, 0.29) is 24.5 Å². The van der Waals surface area contributed by atoms with Crippen molar-refractivity contribution in [1.82, 2.24) is 10.3 Å². The summed E-state index contributed by atoms with van der Waals surface area (Å²) < 4.78 is 0. The first-order chi connectivity index (χ1) is 6.02. The molecule has 0 heterocycles. The zero-order valence-corrected chi connectivity index (χ0v) is 8.45. The van der Waals surface area contributed by atoms with E-state index in [9.17, 15) is 4.79 Å². The highest BCUT2D eigenvalue weighted by Gasteiger charge is 2.16. The molecular formula is C8H19N3O2. The Hall–Kier alpha value is -0.650. The van der Waals surface area contributed by atoms with Gasteiger partial charge in [-0.25, -0.2) is 5.84 Å². The Morgan fingerprint density at radius 2 is 2.15 bits per heavy atom. The summed E-state index contributed by atoms with van der Waals surface area (Å²) in [6.45, 7) is 4.37. The first-order valence-electron chi connectivity index (χ1n) is 4.34. The summed E-state index contributed by atoms with van der Waals surface area (Å²) in [6, 6.07) is 0.0630. The fourth-order valence-corrected chi connectivity index (χ4v) is 0.976. The summed E-state index contributed by atoms with van der Waals surface area (Å²) >= 11 is 0. The smallest absolute Gasteiger partial charge is 0.237 e. The van der Waals surface area contributed by atoms with Crippen molar-refractivity contribution >= 4 is 5.91 Å². The van der Waals surface area contributed by atoms with Gasteiger partial charge in [0.2, 0.25) is 5.91 Å². The molecule has 13 heavy (non-hydrogen) atoms. The second-order valence-electron chi connectivity index (χ2n) is 3.38. The summed E-state index contributed by atoms with van der Waals surface area (Å²) in [5, 5.41) is 8.85. The van der Waals surface area contributed by atoms with Crippen LogP contribution in [0.25, 0.3) is 0 Å². The molecule has 1 amide bonds. The number of carbonyl (C=O) groups is 1. The summed E-state index contributed by atoms with van der Waals surface area (Å²) in [5.74, 6) is 4.64. The molecule has 0 saturated carbocycles. The van der Waals surface area contributed by atoms with Crippen molar-refractivity contribution < 1.29 is 9.90 Å². The highest BCUT2D eigenvalue weighted by Crippen LogP contribution is 2.01. The Morgan fingerprint density at radius 3 is 2.54 bits per heavy atom. The first-order valence-corrected chi connectivity index (χ1v) is 4.34. The number of aliphatic hydroxyl groups is 1. The second-order valence-corrected chi connectivity index (χ2v) is 3.38. The van der Waals surface area contributed by atoms with E-state index in [1.807, 2.05) is 18.9 Å². The van der Waals surface area contributed by atoms with Crippen molar-refractivity contribution in [2.75, 3.05) is 20.2 Å². The number of hydrazine groups is 1. The van der Waals surface area contributed by atoms with E-state index in [0.717, 1.165) is 0 Å². The average Bonchev–Trinajstić information content (AvgIpc) is 2.14. The van der Waals surface area contributed by atoms with Crippen LogP contribution in [-0.2, 0) is 4.79 Å². The molecule has 0 aliphatic rings. The van der Waals surface area contributed by atoms with E-state index in [1.165, 1.54) is 0 Å². The van der Waals surface area contributed by atoms with E-state index in [4.69, 9.17) is 10.9 Å². The molecule has 5 nitrogen and oxygen atoms in total. The third kappa shape index (κ3) is 4.21. The van der Waals surface area contributed by atoms with E-state index < -0.39 is 0 Å². The second kappa shape index (κ2) is 5.90. The number of hydrogen-bond acceptors (Lipinski definition) is 4. The summed E-state index contributed by atoms with van der Waals surface area (Å²) in [7, 11) is 1.86. The molecule has 78 valence electrons. The van der Waals surface area contributed by atoms with Gasteiger partial charge < -0.3 is 10.0 Å². The quantitative estimate of drug-likeness (QED) is 0.292. The maximum Gasteiger partial charge on any atom is 0.237 e. The predicted molar refractivity (Wildman–Crippen MR) is 50.7 cm³/mol. The lowest BCUT2D eigenvalue weighted by Gasteiger charge is -2.25. The molecule has 0 rings (SSSR count). The highest BCUT2D eigenvalue weighted by atomic mass is 16.3. The first kappa shape index (κ1) is 12.3. The Balaban J connectivity index is 3.90. The van der Waals surface area contributed by atoms with Gasteiger partial charge in [-0.15, -0.1) is 0 Å². The number of aliphatic hydroxyl groups excluding tert-OH is 1. The normalized spacial score (nSPS) is 15.5. The molecule has 0 spiro atoms. The van der Waals surface area contributed by atoms with Gasteiger partial charge in [-0.05, 0) is 14.0 Å². The van der Waals surface area contributed by atoms with Crippen molar-refractivity contribution in [3.63, 3.8) is 0 Å². The Labute approximate surface area is 78.9 Å². The minimum absolute atomic E-state index is 0.0630.